The lowest BCUT2D eigenvalue weighted by Crippen LogP contribution is -2.14. The van der Waals surface area contributed by atoms with Crippen LogP contribution in [0.4, 0.5) is 0 Å². The maximum absolute atomic E-state index is 10.6. The van der Waals surface area contributed by atoms with Gasteiger partial charge >= 0.3 is 0 Å². The fraction of sp³-hybridized carbons (Fsp3) is 0.500. The molecule has 0 aliphatic carbocycles. The Labute approximate surface area is 123 Å². The van der Waals surface area contributed by atoms with Gasteiger partial charge in [-0.2, -0.15) is 0 Å². The van der Waals surface area contributed by atoms with Gasteiger partial charge in [0.1, 0.15) is 21.6 Å². The number of Topliss-reactive ketones (excluding diaryl/α,β-unsaturated/α-hetero) is 1. The Kier molecular flexibility index (Phi) is 6.71. The summed E-state index contributed by atoms with van der Waals surface area (Å²) in [6.07, 6.45) is 2.72. The van der Waals surface area contributed by atoms with Crippen LogP contribution in [0.1, 0.15) is 25.3 Å². The van der Waals surface area contributed by atoms with Crippen LogP contribution in [0.5, 0.6) is 0 Å². The molecule has 1 aliphatic heterocycles. The first-order valence-electron chi connectivity index (χ1n) is 6.45. The second kappa shape index (κ2) is 7.81. The van der Waals surface area contributed by atoms with E-state index in [1.54, 1.807) is 19.1 Å². The largest absolute Gasteiger partial charge is 0.744 e. The first-order chi connectivity index (χ1) is 9.29. The third-order valence-corrected chi connectivity index (χ3v) is 6.23. The van der Waals surface area contributed by atoms with Gasteiger partial charge in [0, 0.05) is 0 Å². The van der Waals surface area contributed by atoms with Gasteiger partial charge in [-0.05, 0) is 49.7 Å². The molecule has 112 valence electrons. The summed E-state index contributed by atoms with van der Waals surface area (Å²) in [5.74, 6) is 3.87. The van der Waals surface area contributed by atoms with E-state index < -0.39 is 10.1 Å². The number of aryl methyl sites for hydroxylation is 1. The monoisotopic (exact) mass is 316 g/mol. The number of carbonyl (C=O) groups excluding carboxylic acids is 1. The van der Waals surface area contributed by atoms with E-state index in [0.29, 0.717) is 16.7 Å². The Balaban J connectivity index is 0.000000204. The Hall–Kier alpha value is -0.850. The molecule has 1 aliphatic rings. The molecule has 1 fully saturated rings. The minimum Gasteiger partial charge on any atom is -0.744 e. The number of benzene rings is 1. The van der Waals surface area contributed by atoms with Crippen LogP contribution in [-0.4, -0.2) is 36.0 Å². The average Bonchev–Trinajstić information content (AvgIpc) is 2.81. The minimum absolute atomic E-state index is 0.178. The van der Waals surface area contributed by atoms with Gasteiger partial charge in [-0.15, -0.1) is 0 Å². The molecular formula is C14H20O4S2. The van der Waals surface area contributed by atoms with Crippen LogP contribution in [0, 0.1) is 6.92 Å². The fourth-order valence-electron chi connectivity index (χ4n) is 1.85. The van der Waals surface area contributed by atoms with Crippen molar-refractivity contribution >= 4 is 26.8 Å². The minimum atomic E-state index is -4.27. The maximum Gasteiger partial charge on any atom is 0.178 e. The standard InChI is InChI=1S/C7H8O3S.C7H13OS/c1-6-2-4-7(5-3-6)11(8,9)10;1-7(8)6-9-4-2-3-5-9/h2-5H,1H3,(H,8,9,10);2-6H2,1H3/q;+1/p-1. The number of ketones is 1. The smallest absolute Gasteiger partial charge is 0.178 e. The third-order valence-electron chi connectivity index (χ3n) is 2.83. The van der Waals surface area contributed by atoms with E-state index in [1.165, 1.54) is 36.5 Å². The highest BCUT2D eigenvalue weighted by molar-refractivity contribution is 7.97. The van der Waals surface area contributed by atoms with E-state index in [-0.39, 0.29) is 4.90 Å². The summed E-state index contributed by atoms with van der Waals surface area (Å²) >= 11 is 0. The van der Waals surface area contributed by atoms with Crippen molar-refractivity contribution in [3.63, 3.8) is 0 Å². The lowest BCUT2D eigenvalue weighted by molar-refractivity contribution is -0.114. The second-order valence-corrected chi connectivity index (χ2v) is 8.55. The van der Waals surface area contributed by atoms with E-state index >= 15 is 0 Å². The summed E-state index contributed by atoms with van der Waals surface area (Å²) in [5, 5.41) is 0. The number of hydrogen-bond donors (Lipinski definition) is 0. The molecule has 0 saturated carbocycles. The quantitative estimate of drug-likeness (QED) is 0.630. The Bertz CT molecular complexity index is 529. The molecule has 6 heteroatoms. The predicted molar refractivity (Wildman–Crippen MR) is 81.0 cm³/mol. The summed E-state index contributed by atoms with van der Waals surface area (Å²) < 4.78 is 31.2. The summed E-state index contributed by atoms with van der Waals surface area (Å²) in [6.45, 7) is 3.52. The molecule has 20 heavy (non-hydrogen) atoms. The zero-order valence-electron chi connectivity index (χ0n) is 11.8. The first kappa shape index (κ1) is 17.2. The van der Waals surface area contributed by atoms with Gasteiger partial charge in [-0.1, -0.05) is 17.7 Å². The van der Waals surface area contributed by atoms with Gasteiger partial charge in [-0.3, -0.25) is 4.79 Å². The molecular weight excluding hydrogens is 296 g/mol. The van der Waals surface area contributed by atoms with Crippen molar-refractivity contribution in [3.8, 4) is 0 Å². The maximum atomic E-state index is 10.6. The van der Waals surface area contributed by atoms with Gasteiger partial charge in [0.15, 0.2) is 11.5 Å². The number of hydrogen-bond acceptors (Lipinski definition) is 4. The van der Waals surface area contributed by atoms with Crippen LogP contribution in [0.15, 0.2) is 29.2 Å². The molecule has 0 aromatic heterocycles. The van der Waals surface area contributed by atoms with Gasteiger partial charge in [0.25, 0.3) is 0 Å². The molecule has 1 saturated heterocycles. The number of carbonyl (C=O) groups is 1. The second-order valence-electron chi connectivity index (χ2n) is 4.84. The summed E-state index contributed by atoms with van der Waals surface area (Å²) in [4.78, 5) is 10.4. The highest BCUT2D eigenvalue weighted by Gasteiger charge is 2.24. The van der Waals surface area contributed by atoms with Gasteiger partial charge in [-0.25, -0.2) is 8.42 Å². The van der Waals surface area contributed by atoms with Gasteiger partial charge in [0.2, 0.25) is 0 Å². The van der Waals surface area contributed by atoms with Crippen LogP contribution in [0.2, 0.25) is 0 Å². The molecule has 0 unspecified atom stereocenters. The third kappa shape index (κ3) is 6.54. The molecule has 0 bridgehead atoms. The van der Waals surface area contributed by atoms with E-state index in [0.717, 1.165) is 11.3 Å². The average molecular weight is 316 g/mol. The summed E-state index contributed by atoms with van der Waals surface area (Å²) in [7, 11) is -3.78. The van der Waals surface area contributed by atoms with E-state index in [1.807, 2.05) is 6.92 Å². The van der Waals surface area contributed by atoms with Crippen molar-refractivity contribution in [2.45, 2.75) is 31.6 Å². The van der Waals surface area contributed by atoms with Gasteiger partial charge in [0.05, 0.1) is 4.90 Å². The van der Waals surface area contributed by atoms with Crippen molar-refractivity contribution < 1.29 is 17.8 Å². The molecule has 0 atom stereocenters. The molecule has 2 rings (SSSR count). The van der Waals surface area contributed by atoms with Crippen LogP contribution < -0.4 is 0 Å². The highest BCUT2D eigenvalue weighted by Crippen LogP contribution is 2.12. The predicted octanol–water partition coefficient (Wildman–Crippen LogP) is 1.89. The first-order valence-corrected chi connectivity index (χ1v) is 9.59. The van der Waals surface area contributed by atoms with Gasteiger partial charge < -0.3 is 4.55 Å². The van der Waals surface area contributed by atoms with Crippen molar-refractivity contribution in [1.29, 1.82) is 0 Å². The SMILES string of the molecule is CC(=O)C[S+]1CCCC1.Cc1ccc(S(=O)(=O)[O-])cc1. The molecule has 1 heterocycles. The normalized spacial score (nSPS) is 15.6. The Morgan fingerprint density at radius 3 is 2.10 bits per heavy atom. The number of rotatable bonds is 3. The lowest BCUT2D eigenvalue weighted by atomic mass is 10.2. The van der Waals surface area contributed by atoms with E-state index in [2.05, 4.69) is 0 Å². The summed E-state index contributed by atoms with van der Waals surface area (Å²) in [6, 6.07) is 5.78. The molecule has 0 radical (unpaired) electrons. The van der Waals surface area contributed by atoms with Crippen molar-refractivity contribution in [2.75, 3.05) is 17.3 Å². The van der Waals surface area contributed by atoms with E-state index in [9.17, 15) is 17.8 Å². The summed E-state index contributed by atoms with van der Waals surface area (Å²) in [5.41, 5.74) is 0.928. The Morgan fingerprint density at radius 1 is 1.20 bits per heavy atom. The molecule has 0 amide bonds. The van der Waals surface area contributed by atoms with Crippen molar-refractivity contribution in [3.05, 3.63) is 29.8 Å². The van der Waals surface area contributed by atoms with Crippen molar-refractivity contribution in [2.24, 2.45) is 0 Å². The fourth-order valence-corrected chi connectivity index (χ4v) is 4.61. The zero-order chi connectivity index (χ0) is 15.2. The topological polar surface area (TPSA) is 74.3 Å². The van der Waals surface area contributed by atoms with Crippen LogP contribution in [0.3, 0.4) is 0 Å². The molecule has 0 N–H and O–H groups in total. The molecule has 1 aromatic rings. The van der Waals surface area contributed by atoms with Crippen LogP contribution in [0.25, 0.3) is 0 Å². The molecule has 1 aromatic carbocycles. The van der Waals surface area contributed by atoms with E-state index in [4.69, 9.17) is 0 Å². The highest BCUT2D eigenvalue weighted by atomic mass is 32.2. The zero-order valence-corrected chi connectivity index (χ0v) is 13.4. The van der Waals surface area contributed by atoms with Crippen LogP contribution in [-0.2, 0) is 25.8 Å². The molecule has 0 spiro atoms. The van der Waals surface area contributed by atoms with Crippen molar-refractivity contribution in [1.82, 2.24) is 0 Å². The lowest BCUT2D eigenvalue weighted by Gasteiger charge is -2.05. The Morgan fingerprint density at radius 2 is 1.70 bits per heavy atom. The molecule has 4 nitrogen and oxygen atoms in total. The van der Waals surface area contributed by atoms with Crippen LogP contribution >= 0.6 is 0 Å².